The predicted octanol–water partition coefficient (Wildman–Crippen LogP) is 1.22. The highest BCUT2D eigenvalue weighted by molar-refractivity contribution is 5.96. The number of ether oxygens (including phenoxy) is 2. The molecule has 0 saturated carbocycles. The first-order valence-corrected chi connectivity index (χ1v) is 5.72. The highest BCUT2D eigenvalue weighted by atomic mass is 16.5. The van der Waals surface area contributed by atoms with Crippen LogP contribution in [0.1, 0.15) is 16.8 Å². The average Bonchev–Trinajstić information content (AvgIpc) is 2.83. The molecule has 1 aliphatic rings. The number of hydrogen-bond donors (Lipinski definition) is 0. The Morgan fingerprint density at radius 1 is 1.44 bits per heavy atom. The van der Waals surface area contributed by atoms with Gasteiger partial charge >= 0.3 is 11.9 Å². The Kier molecular flexibility index (Phi) is 3.50. The molecule has 1 fully saturated rings. The molecule has 1 heterocycles. The van der Waals surface area contributed by atoms with E-state index in [2.05, 4.69) is 0 Å². The number of hydrogen-bond acceptors (Lipinski definition) is 5. The molecule has 1 aromatic rings. The largest absolute Gasteiger partial charge is 0.465 e. The summed E-state index contributed by atoms with van der Waals surface area (Å²) in [6.45, 7) is 0.425. The van der Waals surface area contributed by atoms with Gasteiger partial charge in [-0.3, -0.25) is 0 Å². The molecule has 18 heavy (non-hydrogen) atoms. The molecule has 0 radical (unpaired) electrons. The van der Waals surface area contributed by atoms with Crippen molar-refractivity contribution in [2.75, 3.05) is 25.7 Å². The van der Waals surface area contributed by atoms with Gasteiger partial charge in [0.1, 0.15) is 6.04 Å². The summed E-state index contributed by atoms with van der Waals surface area (Å²) in [5.74, 6) is -0.666. The first-order valence-electron chi connectivity index (χ1n) is 5.72. The molecule has 0 bridgehead atoms. The maximum absolute atomic E-state index is 11.7. The SMILES string of the molecule is COC(=O)c1ccccc1N(C)C1CCOC1=O. The molecule has 1 aromatic carbocycles. The summed E-state index contributed by atoms with van der Waals surface area (Å²) >= 11 is 0. The van der Waals surface area contributed by atoms with Gasteiger partial charge in [0.2, 0.25) is 0 Å². The number of likely N-dealkylation sites (N-methyl/N-ethyl adjacent to an activating group) is 1. The Labute approximate surface area is 105 Å². The number of carbonyl (C=O) groups is 2. The molecule has 1 unspecified atom stereocenters. The summed E-state index contributed by atoms with van der Waals surface area (Å²) in [4.78, 5) is 25.0. The number of para-hydroxylation sites is 1. The second-order valence-electron chi connectivity index (χ2n) is 4.09. The Morgan fingerprint density at radius 3 is 2.78 bits per heavy atom. The van der Waals surface area contributed by atoms with E-state index >= 15 is 0 Å². The molecule has 0 N–H and O–H groups in total. The number of cyclic esters (lactones) is 1. The fourth-order valence-electron chi connectivity index (χ4n) is 2.07. The van der Waals surface area contributed by atoms with Crippen molar-refractivity contribution < 1.29 is 19.1 Å². The maximum Gasteiger partial charge on any atom is 0.339 e. The zero-order valence-electron chi connectivity index (χ0n) is 10.4. The van der Waals surface area contributed by atoms with Crippen LogP contribution in [0, 0.1) is 0 Å². The van der Waals surface area contributed by atoms with Crippen LogP contribution in [-0.2, 0) is 14.3 Å². The quantitative estimate of drug-likeness (QED) is 0.754. The van der Waals surface area contributed by atoms with Crippen LogP contribution in [0.5, 0.6) is 0 Å². The summed E-state index contributed by atoms with van der Waals surface area (Å²) in [5, 5.41) is 0. The van der Waals surface area contributed by atoms with Crippen molar-refractivity contribution in [1.82, 2.24) is 0 Å². The van der Waals surface area contributed by atoms with Crippen LogP contribution in [0.4, 0.5) is 5.69 Å². The summed E-state index contributed by atoms with van der Waals surface area (Å²) in [6, 6.07) is 6.71. The molecule has 2 rings (SSSR count). The van der Waals surface area contributed by atoms with Crippen molar-refractivity contribution >= 4 is 17.6 Å². The van der Waals surface area contributed by atoms with E-state index in [0.717, 1.165) is 0 Å². The number of nitrogens with zero attached hydrogens (tertiary/aromatic N) is 1. The molecule has 1 atom stereocenters. The normalized spacial score (nSPS) is 18.3. The number of carbonyl (C=O) groups excluding carboxylic acids is 2. The lowest BCUT2D eigenvalue weighted by Gasteiger charge is -2.25. The fraction of sp³-hybridized carbons (Fsp3) is 0.385. The zero-order valence-corrected chi connectivity index (χ0v) is 10.4. The van der Waals surface area contributed by atoms with Gasteiger partial charge in [-0.25, -0.2) is 9.59 Å². The van der Waals surface area contributed by atoms with Crippen LogP contribution in [-0.4, -0.2) is 38.7 Å². The second-order valence-corrected chi connectivity index (χ2v) is 4.09. The summed E-state index contributed by atoms with van der Waals surface area (Å²) in [6.07, 6.45) is 0.630. The molecule has 96 valence electrons. The Hall–Kier alpha value is -2.04. The van der Waals surface area contributed by atoms with Crippen LogP contribution >= 0.6 is 0 Å². The number of methoxy groups -OCH3 is 1. The third-order valence-corrected chi connectivity index (χ3v) is 3.06. The van der Waals surface area contributed by atoms with Crippen LogP contribution < -0.4 is 4.90 Å². The highest BCUT2D eigenvalue weighted by Crippen LogP contribution is 2.25. The van der Waals surface area contributed by atoms with Gasteiger partial charge < -0.3 is 14.4 Å². The van der Waals surface area contributed by atoms with Crippen LogP contribution in [0.15, 0.2) is 24.3 Å². The molecule has 1 aliphatic heterocycles. The molecular weight excluding hydrogens is 234 g/mol. The van der Waals surface area contributed by atoms with Gasteiger partial charge in [0.05, 0.1) is 25.0 Å². The van der Waals surface area contributed by atoms with E-state index in [1.54, 1.807) is 30.1 Å². The molecule has 5 nitrogen and oxygen atoms in total. The van der Waals surface area contributed by atoms with E-state index in [0.29, 0.717) is 24.3 Å². The molecule has 0 aliphatic carbocycles. The Morgan fingerprint density at radius 2 is 2.17 bits per heavy atom. The minimum atomic E-state index is -0.413. The van der Waals surface area contributed by atoms with E-state index in [-0.39, 0.29) is 12.0 Å². The lowest BCUT2D eigenvalue weighted by molar-refractivity contribution is -0.139. The first kappa shape index (κ1) is 12.4. The Balaban J connectivity index is 2.32. The molecule has 0 spiro atoms. The van der Waals surface area contributed by atoms with E-state index in [4.69, 9.17) is 9.47 Å². The minimum Gasteiger partial charge on any atom is -0.465 e. The summed E-state index contributed by atoms with van der Waals surface area (Å²) in [7, 11) is 3.11. The lowest BCUT2D eigenvalue weighted by atomic mass is 10.1. The zero-order chi connectivity index (χ0) is 13.1. The number of benzene rings is 1. The van der Waals surface area contributed by atoms with E-state index in [9.17, 15) is 9.59 Å². The first-order chi connectivity index (χ1) is 8.65. The summed E-state index contributed by atoms with van der Waals surface area (Å²) < 4.78 is 9.67. The number of esters is 2. The van der Waals surface area contributed by atoms with Crippen LogP contribution in [0.2, 0.25) is 0 Å². The van der Waals surface area contributed by atoms with Crippen molar-refractivity contribution in [1.29, 1.82) is 0 Å². The smallest absolute Gasteiger partial charge is 0.339 e. The van der Waals surface area contributed by atoms with E-state index in [1.807, 2.05) is 6.07 Å². The van der Waals surface area contributed by atoms with Gasteiger partial charge in [0.15, 0.2) is 0 Å². The molecule has 0 aromatic heterocycles. The van der Waals surface area contributed by atoms with Crippen LogP contribution in [0.3, 0.4) is 0 Å². The summed E-state index contributed by atoms with van der Waals surface area (Å²) in [5.41, 5.74) is 1.12. The predicted molar refractivity (Wildman–Crippen MR) is 65.5 cm³/mol. The maximum atomic E-state index is 11.7. The van der Waals surface area contributed by atoms with Gasteiger partial charge in [0, 0.05) is 13.5 Å². The highest BCUT2D eigenvalue weighted by Gasteiger charge is 2.32. The fourth-order valence-corrected chi connectivity index (χ4v) is 2.07. The van der Waals surface area contributed by atoms with E-state index < -0.39 is 5.97 Å². The Bertz CT molecular complexity index is 472. The molecular formula is C13H15NO4. The van der Waals surface area contributed by atoms with Gasteiger partial charge in [-0.05, 0) is 12.1 Å². The van der Waals surface area contributed by atoms with Gasteiger partial charge in [-0.2, -0.15) is 0 Å². The third-order valence-electron chi connectivity index (χ3n) is 3.06. The lowest BCUT2D eigenvalue weighted by Crippen LogP contribution is -2.36. The standard InChI is InChI=1S/C13H15NO4/c1-14(11-7-8-18-13(11)16)10-6-4-3-5-9(10)12(15)17-2/h3-6,11H,7-8H2,1-2H3. The average molecular weight is 249 g/mol. The van der Waals surface area contributed by atoms with Crippen molar-refractivity contribution in [2.24, 2.45) is 0 Å². The van der Waals surface area contributed by atoms with Crippen molar-refractivity contribution in [2.45, 2.75) is 12.5 Å². The minimum absolute atomic E-state index is 0.253. The number of anilines is 1. The van der Waals surface area contributed by atoms with Gasteiger partial charge in [0.25, 0.3) is 0 Å². The van der Waals surface area contributed by atoms with Crippen molar-refractivity contribution in [3.8, 4) is 0 Å². The van der Waals surface area contributed by atoms with E-state index in [1.165, 1.54) is 7.11 Å². The van der Waals surface area contributed by atoms with Gasteiger partial charge in [-0.1, -0.05) is 12.1 Å². The molecule has 0 amide bonds. The second kappa shape index (κ2) is 5.08. The van der Waals surface area contributed by atoms with Crippen molar-refractivity contribution in [3.63, 3.8) is 0 Å². The topological polar surface area (TPSA) is 55.8 Å². The monoisotopic (exact) mass is 249 g/mol. The third kappa shape index (κ3) is 2.16. The molecule has 1 saturated heterocycles. The van der Waals surface area contributed by atoms with Crippen LogP contribution in [0.25, 0.3) is 0 Å². The van der Waals surface area contributed by atoms with Crippen molar-refractivity contribution in [3.05, 3.63) is 29.8 Å². The molecule has 5 heteroatoms. The van der Waals surface area contributed by atoms with Gasteiger partial charge in [-0.15, -0.1) is 0 Å². The number of rotatable bonds is 3.